The Kier molecular flexibility index (Phi) is 6.58. The summed E-state index contributed by atoms with van der Waals surface area (Å²) in [7, 11) is 0. The highest BCUT2D eigenvalue weighted by atomic mass is 16.1. The fourth-order valence-corrected chi connectivity index (χ4v) is 9.63. The molecule has 0 N–H and O–H groups in total. The maximum atomic E-state index is 13.6. The highest BCUT2D eigenvalue weighted by Gasteiger charge is 2.65. The van der Waals surface area contributed by atoms with Gasteiger partial charge in [0.05, 0.1) is 0 Å². The van der Waals surface area contributed by atoms with Crippen molar-refractivity contribution in [3.05, 3.63) is 11.6 Å². The fourth-order valence-electron chi connectivity index (χ4n) is 9.63. The molecule has 0 amide bonds. The van der Waals surface area contributed by atoms with Gasteiger partial charge in [-0.25, -0.2) is 0 Å². The van der Waals surface area contributed by atoms with E-state index in [0.29, 0.717) is 23.0 Å². The van der Waals surface area contributed by atoms with E-state index in [4.69, 9.17) is 0 Å². The van der Waals surface area contributed by atoms with Gasteiger partial charge in [-0.1, -0.05) is 74.8 Å². The van der Waals surface area contributed by atoms with Crippen LogP contribution in [-0.4, -0.2) is 5.78 Å². The number of hydrogen-bond acceptors (Lipinski definition) is 1. The number of carbonyl (C=O) groups is 1. The fraction of sp³-hybridized carbons (Fsp3) is 0.906. The number of ketones is 1. The molecule has 1 heteroatoms. The third kappa shape index (κ3) is 3.72. The Morgan fingerprint density at radius 3 is 2.21 bits per heavy atom. The number of carbonyl (C=O) groups excluding carboxylic acids is 1. The van der Waals surface area contributed by atoms with E-state index in [1.807, 2.05) is 0 Å². The average molecular weight is 455 g/mol. The summed E-state index contributed by atoms with van der Waals surface area (Å²) in [5.41, 5.74) is 2.30. The molecule has 2 unspecified atom stereocenters. The number of hydrogen-bond donors (Lipinski definition) is 0. The molecule has 1 nitrogen and oxygen atoms in total. The van der Waals surface area contributed by atoms with Gasteiger partial charge >= 0.3 is 0 Å². The Morgan fingerprint density at radius 1 is 0.909 bits per heavy atom. The van der Waals surface area contributed by atoms with Gasteiger partial charge in [0.25, 0.3) is 0 Å². The molecule has 0 bridgehead atoms. The molecular formula is C32H54O. The van der Waals surface area contributed by atoms with E-state index >= 15 is 0 Å². The lowest BCUT2D eigenvalue weighted by Gasteiger charge is -2.61. The molecular weight excluding hydrogens is 400 g/mol. The van der Waals surface area contributed by atoms with Gasteiger partial charge in [0.2, 0.25) is 0 Å². The highest BCUT2D eigenvalue weighted by molar-refractivity contribution is 5.94. The van der Waals surface area contributed by atoms with Crippen molar-refractivity contribution in [2.45, 2.75) is 114 Å². The summed E-state index contributed by atoms with van der Waals surface area (Å²) in [6.45, 7) is 24.8. The lowest BCUT2D eigenvalue weighted by atomic mass is 9.42. The molecule has 3 saturated carbocycles. The minimum absolute atomic E-state index is 0.182. The van der Waals surface area contributed by atoms with Crippen LogP contribution < -0.4 is 0 Å². The van der Waals surface area contributed by atoms with Crippen molar-refractivity contribution >= 4 is 5.78 Å². The molecule has 33 heavy (non-hydrogen) atoms. The molecule has 0 aliphatic heterocycles. The van der Waals surface area contributed by atoms with Gasteiger partial charge in [0.15, 0.2) is 5.78 Å². The molecule has 4 rings (SSSR count). The predicted molar refractivity (Wildman–Crippen MR) is 141 cm³/mol. The van der Waals surface area contributed by atoms with Crippen LogP contribution in [0.5, 0.6) is 0 Å². The number of rotatable bonds is 5. The first kappa shape index (κ1) is 25.5. The maximum Gasteiger partial charge on any atom is 0.159 e. The standard InChI is InChI=1S/C32H54O/c1-19(2)20(3)15-22(5)24(7)25-11-13-32(10)27-17-29(33)28-16-21(4)23(6)18-30(28,8)26(27)12-14-31(25,32)9/h17,19-26,28H,11-16,18H2,1-10H3/t20?,21-,22-,23+,24+,25-,26?,28+,30-,31-,32+/m1/s1. The first-order valence-electron chi connectivity index (χ1n) is 14.5. The minimum Gasteiger partial charge on any atom is -0.295 e. The minimum atomic E-state index is 0.182. The first-order chi connectivity index (χ1) is 15.3. The van der Waals surface area contributed by atoms with E-state index in [1.54, 1.807) is 5.57 Å². The molecule has 0 saturated heterocycles. The zero-order valence-electron chi connectivity index (χ0n) is 23.6. The van der Waals surface area contributed by atoms with Crippen LogP contribution in [0.1, 0.15) is 114 Å². The van der Waals surface area contributed by atoms with Gasteiger partial charge in [-0.05, 0) is 115 Å². The largest absolute Gasteiger partial charge is 0.295 e. The van der Waals surface area contributed by atoms with Gasteiger partial charge in [0, 0.05) is 5.92 Å². The van der Waals surface area contributed by atoms with Crippen LogP contribution in [0.2, 0.25) is 0 Å². The summed E-state index contributed by atoms with van der Waals surface area (Å²) < 4.78 is 0. The molecule has 188 valence electrons. The summed E-state index contributed by atoms with van der Waals surface area (Å²) in [6.07, 6.45) is 11.2. The zero-order chi connectivity index (χ0) is 24.5. The topological polar surface area (TPSA) is 17.1 Å². The van der Waals surface area contributed by atoms with Gasteiger partial charge in [-0.3, -0.25) is 4.79 Å². The van der Waals surface area contributed by atoms with Crippen LogP contribution in [0.25, 0.3) is 0 Å². The normalized spacial score (nSPS) is 47.9. The van der Waals surface area contributed by atoms with Crippen LogP contribution in [-0.2, 0) is 4.79 Å². The monoisotopic (exact) mass is 454 g/mol. The Balaban J connectivity index is 1.64. The van der Waals surface area contributed by atoms with Crippen molar-refractivity contribution in [1.82, 2.24) is 0 Å². The summed E-state index contributed by atoms with van der Waals surface area (Å²) >= 11 is 0. The van der Waals surface area contributed by atoms with Crippen molar-refractivity contribution in [2.75, 3.05) is 0 Å². The Labute approximate surface area is 206 Å². The molecule has 0 radical (unpaired) electrons. The zero-order valence-corrected chi connectivity index (χ0v) is 23.6. The van der Waals surface area contributed by atoms with Crippen molar-refractivity contribution in [3.8, 4) is 0 Å². The van der Waals surface area contributed by atoms with Crippen molar-refractivity contribution < 1.29 is 4.79 Å². The Morgan fingerprint density at radius 2 is 1.58 bits per heavy atom. The summed E-state index contributed by atoms with van der Waals surface area (Å²) in [4.78, 5) is 13.6. The molecule has 0 spiro atoms. The first-order valence-corrected chi connectivity index (χ1v) is 14.5. The van der Waals surface area contributed by atoms with Gasteiger partial charge in [0.1, 0.15) is 0 Å². The quantitative estimate of drug-likeness (QED) is 0.405. The molecule has 11 atom stereocenters. The van der Waals surface area contributed by atoms with E-state index in [0.717, 1.165) is 41.9 Å². The van der Waals surface area contributed by atoms with Crippen LogP contribution in [0, 0.1) is 69.5 Å². The second-order valence-corrected chi connectivity index (χ2v) is 14.7. The third-order valence-electron chi connectivity index (χ3n) is 13.0. The van der Waals surface area contributed by atoms with E-state index in [9.17, 15) is 4.79 Å². The Bertz CT molecular complexity index is 792. The lowest BCUT2D eigenvalue weighted by Crippen LogP contribution is -2.56. The van der Waals surface area contributed by atoms with Gasteiger partial charge in [-0.15, -0.1) is 0 Å². The molecule has 4 aliphatic rings. The Hall–Kier alpha value is -0.590. The molecule has 0 aromatic rings. The van der Waals surface area contributed by atoms with Crippen LogP contribution in [0.15, 0.2) is 11.6 Å². The number of allylic oxidation sites excluding steroid dienone is 2. The smallest absolute Gasteiger partial charge is 0.159 e. The molecule has 3 fully saturated rings. The van der Waals surface area contributed by atoms with Gasteiger partial charge < -0.3 is 0 Å². The molecule has 0 aromatic heterocycles. The SMILES string of the molecule is CC(C)C(C)C[C@@H](C)[C@H](C)[C@H]1CC[C@@]2(C)C3=CC(=O)[C@@H]4C[C@@H](C)[C@@H](C)C[C@]4(C)C3CC[C@]12C. The number of fused-ring (bicyclic) bond motifs is 5. The van der Waals surface area contributed by atoms with Crippen LogP contribution in [0.4, 0.5) is 0 Å². The lowest BCUT2D eigenvalue weighted by molar-refractivity contribution is -0.134. The van der Waals surface area contributed by atoms with E-state index < -0.39 is 0 Å². The highest BCUT2D eigenvalue weighted by Crippen LogP contribution is 2.72. The van der Waals surface area contributed by atoms with Gasteiger partial charge in [-0.2, -0.15) is 0 Å². The van der Waals surface area contributed by atoms with Crippen LogP contribution in [0.3, 0.4) is 0 Å². The third-order valence-corrected chi connectivity index (χ3v) is 13.0. The second-order valence-electron chi connectivity index (χ2n) is 14.7. The van der Waals surface area contributed by atoms with E-state index in [1.165, 1.54) is 38.5 Å². The van der Waals surface area contributed by atoms with E-state index in [2.05, 4.69) is 75.3 Å². The molecule has 0 aromatic carbocycles. The predicted octanol–water partition coefficient (Wildman–Crippen LogP) is 8.97. The summed E-state index contributed by atoms with van der Waals surface area (Å²) in [6, 6.07) is 0. The summed E-state index contributed by atoms with van der Waals surface area (Å²) in [5.74, 6) is 6.66. The second kappa shape index (κ2) is 8.51. The maximum absolute atomic E-state index is 13.6. The summed E-state index contributed by atoms with van der Waals surface area (Å²) in [5, 5.41) is 0. The van der Waals surface area contributed by atoms with Crippen molar-refractivity contribution in [1.29, 1.82) is 0 Å². The van der Waals surface area contributed by atoms with Crippen LogP contribution >= 0.6 is 0 Å². The van der Waals surface area contributed by atoms with Crippen molar-refractivity contribution in [3.63, 3.8) is 0 Å². The molecule has 4 aliphatic carbocycles. The molecule has 0 heterocycles. The average Bonchev–Trinajstić information content (AvgIpc) is 3.01. The van der Waals surface area contributed by atoms with Crippen molar-refractivity contribution in [2.24, 2.45) is 69.5 Å². The van der Waals surface area contributed by atoms with E-state index in [-0.39, 0.29) is 16.7 Å².